The van der Waals surface area contributed by atoms with Gasteiger partial charge in [-0.05, 0) is 61.3 Å². The average molecular weight is 392 g/mol. The fourth-order valence-corrected chi connectivity index (χ4v) is 3.59. The molecule has 0 spiro atoms. The molecular weight excluding hydrogens is 372 g/mol. The number of rotatable bonds is 5. The van der Waals surface area contributed by atoms with Crippen LogP contribution in [-0.4, -0.2) is 36.5 Å². The molecule has 0 bridgehead atoms. The smallest absolute Gasteiger partial charge is 0.137 e. The van der Waals surface area contributed by atoms with Gasteiger partial charge in [0.05, 0.1) is 23.3 Å². The number of aryl methyl sites for hydroxylation is 1. The lowest BCUT2D eigenvalue weighted by Crippen LogP contribution is -2.26. The zero-order valence-electron chi connectivity index (χ0n) is 15.6. The summed E-state index contributed by atoms with van der Waals surface area (Å²) in [7, 11) is -1.03. The van der Waals surface area contributed by atoms with Crippen LogP contribution < -0.4 is 9.44 Å². The molecule has 4 aromatic rings. The van der Waals surface area contributed by atoms with Crippen LogP contribution in [0.5, 0.6) is 0 Å². The van der Waals surface area contributed by atoms with Crippen LogP contribution in [0, 0.1) is 6.92 Å². The molecule has 4 rings (SSSR count). The van der Waals surface area contributed by atoms with Gasteiger partial charge in [-0.25, -0.2) is 13.9 Å². The first kappa shape index (κ1) is 18.1. The minimum Gasteiger partial charge on any atom is -0.300 e. The third-order valence-electron chi connectivity index (χ3n) is 4.51. The number of nitrogens with zero attached hydrogens (tertiary/aromatic N) is 4. The lowest BCUT2D eigenvalue weighted by Gasteiger charge is -2.14. The maximum Gasteiger partial charge on any atom is 0.137 e. The zero-order valence-corrected chi connectivity index (χ0v) is 16.4. The number of nitrogens with one attached hydrogen (secondary N) is 2. The van der Waals surface area contributed by atoms with Crippen molar-refractivity contribution in [3.63, 3.8) is 0 Å². The summed E-state index contributed by atoms with van der Waals surface area (Å²) in [5, 5.41) is 0. The van der Waals surface area contributed by atoms with E-state index in [9.17, 15) is 4.21 Å². The van der Waals surface area contributed by atoms with E-state index in [0.717, 1.165) is 33.7 Å². The molecule has 0 aliphatic rings. The van der Waals surface area contributed by atoms with Crippen LogP contribution in [0.3, 0.4) is 0 Å². The Labute approximate surface area is 163 Å². The van der Waals surface area contributed by atoms with Crippen molar-refractivity contribution in [2.24, 2.45) is 0 Å². The number of imidazole rings is 1. The van der Waals surface area contributed by atoms with Crippen molar-refractivity contribution in [3.05, 3.63) is 67.0 Å². The Balaban J connectivity index is 1.76. The number of hydrogen-bond acceptors (Lipinski definition) is 4. The second-order valence-corrected chi connectivity index (χ2v) is 8.32. The normalized spacial score (nSPS) is 13.4. The summed E-state index contributed by atoms with van der Waals surface area (Å²) >= 11 is 0. The summed E-state index contributed by atoms with van der Waals surface area (Å²) in [5.74, 6) is 3.66. The van der Waals surface area contributed by atoms with Crippen molar-refractivity contribution in [1.29, 1.82) is 0 Å². The number of pyridine rings is 3. The molecule has 4 heterocycles. The Bertz CT molecular complexity index is 1250. The molecule has 1 unspecified atom stereocenters. The molecule has 0 radical (unpaired) electrons. The lowest BCUT2D eigenvalue weighted by atomic mass is 10.1. The summed E-state index contributed by atoms with van der Waals surface area (Å²) in [4.78, 5) is 13.0. The SMILES string of the molecule is C=S(=O)(NC)Nc1cc(-c2cnc3cc(-c4ccncc4)ccn23)cnc1C. The maximum atomic E-state index is 12.3. The summed E-state index contributed by atoms with van der Waals surface area (Å²) < 4.78 is 19.9. The zero-order chi connectivity index (χ0) is 19.7. The van der Waals surface area contributed by atoms with E-state index in [1.807, 2.05) is 47.9 Å². The Morgan fingerprint density at radius 2 is 1.82 bits per heavy atom. The van der Waals surface area contributed by atoms with Gasteiger partial charge in [-0.2, -0.15) is 0 Å². The summed E-state index contributed by atoms with van der Waals surface area (Å²) in [6, 6.07) is 9.91. The van der Waals surface area contributed by atoms with Gasteiger partial charge >= 0.3 is 0 Å². The molecule has 4 aromatic heterocycles. The number of hydrogen-bond donors (Lipinski definition) is 2. The molecule has 0 aliphatic heterocycles. The third kappa shape index (κ3) is 3.47. The van der Waals surface area contributed by atoms with Crippen LogP contribution in [0.15, 0.2) is 61.3 Å². The Kier molecular flexibility index (Phi) is 4.58. The summed E-state index contributed by atoms with van der Waals surface area (Å²) in [6.07, 6.45) is 9.12. The van der Waals surface area contributed by atoms with Gasteiger partial charge in [-0.15, -0.1) is 0 Å². The van der Waals surface area contributed by atoms with Crippen LogP contribution in [0.2, 0.25) is 0 Å². The first-order chi connectivity index (χ1) is 13.5. The molecule has 0 amide bonds. The van der Waals surface area contributed by atoms with E-state index < -0.39 is 9.89 Å². The number of aromatic nitrogens is 4. The van der Waals surface area contributed by atoms with Gasteiger partial charge in [0, 0.05) is 30.4 Å². The van der Waals surface area contributed by atoms with Crippen molar-refractivity contribution < 1.29 is 4.21 Å². The van der Waals surface area contributed by atoms with Gasteiger partial charge in [-0.1, -0.05) is 0 Å². The molecule has 0 saturated carbocycles. The molecule has 0 aromatic carbocycles. The summed E-state index contributed by atoms with van der Waals surface area (Å²) in [5.41, 5.74) is 6.15. The fraction of sp³-hybridized carbons (Fsp3) is 0.100. The molecule has 142 valence electrons. The van der Waals surface area contributed by atoms with Crippen LogP contribution in [0.25, 0.3) is 28.0 Å². The highest BCUT2D eigenvalue weighted by atomic mass is 32.2. The second-order valence-electron chi connectivity index (χ2n) is 6.36. The largest absolute Gasteiger partial charge is 0.300 e. The van der Waals surface area contributed by atoms with Crippen molar-refractivity contribution in [2.45, 2.75) is 6.92 Å². The van der Waals surface area contributed by atoms with E-state index in [4.69, 9.17) is 0 Å². The van der Waals surface area contributed by atoms with Gasteiger partial charge in [0.25, 0.3) is 0 Å². The molecule has 7 nitrogen and oxygen atoms in total. The minimum absolute atomic E-state index is 0.662. The van der Waals surface area contributed by atoms with E-state index in [2.05, 4.69) is 30.3 Å². The molecule has 28 heavy (non-hydrogen) atoms. The van der Waals surface area contributed by atoms with Gasteiger partial charge in [-0.3, -0.25) is 19.1 Å². The molecular formula is C20H20N6OS. The molecule has 8 heteroatoms. The molecule has 0 saturated heterocycles. The van der Waals surface area contributed by atoms with Gasteiger partial charge in [0.1, 0.15) is 15.5 Å². The fourth-order valence-electron chi connectivity index (χ4n) is 2.92. The molecule has 2 N–H and O–H groups in total. The van der Waals surface area contributed by atoms with E-state index in [1.165, 1.54) is 0 Å². The van der Waals surface area contributed by atoms with Crippen molar-refractivity contribution in [1.82, 2.24) is 24.1 Å². The first-order valence-electron chi connectivity index (χ1n) is 8.65. The van der Waals surface area contributed by atoms with Crippen LogP contribution in [-0.2, 0) is 9.89 Å². The maximum absolute atomic E-state index is 12.3. The highest BCUT2D eigenvalue weighted by Crippen LogP contribution is 2.27. The predicted octanol–water partition coefficient (Wildman–Crippen LogP) is 2.94. The van der Waals surface area contributed by atoms with Gasteiger partial charge < -0.3 is 0 Å². The highest BCUT2D eigenvalue weighted by Gasteiger charge is 2.11. The molecule has 0 fully saturated rings. The van der Waals surface area contributed by atoms with Crippen LogP contribution in [0.4, 0.5) is 5.69 Å². The highest BCUT2D eigenvalue weighted by molar-refractivity contribution is 7.99. The lowest BCUT2D eigenvalue weighted by molar-refractivity contribution is 0.679. The van der Waals surface area contributed by atoms with Crippen molar-refractivity contribution in [2.75, 3.05) is 11.8 Å². The van der Waals surface area contributed by atoms with Gasteiger partial charge in [0.2, 0.25) is 0 Å². The average Bonchev–Trinajstić information content (AvgIpc) is 3.13. The second kappa shape index (κ2) is 7.06. The quantitative estimate of drug-likeness (QED) is 0.512. The first-order valence-corrected chi connectivity index (χ1v) is 10.4. The summed E-state index contributed by atoms with van der Waals surface area (Å²) in [6.45, 7) is 1.85. The van der Waals surface area contributed by atoms with Crippen LogP contribution >= 0.6 is 0 Å². The van der Waals surface area contributed by atoms with Crippen molar-refractivity contribution >= 4 is 27.1 Å². The predicted molar refractivity (Wildman–Crippen MR) is 114 cm³/mol. The minimum atomic E-state index is -2.63. The molecule has 0 aliphatic carbocycles. The Hall–Kier alpha value is -3.23. The molecule has 1 atom stereocenters. The number of anilines is 1. The van der Waals surface area contributed by atoms with E-state index in [1.54, 1.807) is 31.8 Å². The topological polar surface area (TPSA) is 84.2 Å². The Morgan fingerprint density at radius 3 is 2.57 bits per heavy atom. The third-order valence-corrected chi connectivity index (χ3v) is 5.72. The monoisotopic (exact) mass is 392 g/mol. The van der Waals surface area contributed by atoms with Gasteiger partial charge in [0.15, 0.2) is 0 Å². The Morgan fingerprint density at radius 1 is 1.04 bits per heavy atom. The van der Waals surface area contributed by atoms with E-state index in [0.29, 0.717) is 5.69 Å². The standard InChI is InChI=1S/C20H20N6OS/c1-14-18(25-28(3,27)21-2)10-17(12-23-14)19-13-24-20-11-16(6-9-26(19)20)15-4-7-22-8-5-15/h4-13H,3H2,1-2H3,(H2,21,25,27). The van der Waals surface area contributed by atoms with Crippen LogP contribution in [0.1, 0.15) is 5.69 Å². The number of fused-ring (bicyclic) bond motifs is 1. The van der Waals surface area contributed by atoms with E-state index in [-0.39, 0.29) is 0 Å². The van der Waals surface area contributed by atoms with Crippen molar-refractivity contribution in [3.8, 4) is 22.4 Å². The van der Waals surface area contributed by atoms with E-state index >= 15 is 0 Å².